The Morgan fingerprint density at radius 1 is 0.526 bits per heavy atom. The molecule has 4 heteroatoms. The van der Waals surface area contributed by atoms with Gasteiger partial charge in [0.05, 0.1) is 0 Å². The van der Waals surface area contributed by atoms with Crippen molar-refractivity contribution in [2.24, 2.45) is 16.7 Å². The van der Waals surface area contributed by atoms with Gasteiger partial charge in [0.15, 0.2) is 0 Å². The van der Waals surface area contributed by atoms with Crippen molar-refractivity contribution >= 4 is 11.9 Å². The Balaban J connectivity index is 1.72. The van der Waals surface area contributed by atoms with Crippen molar-refractivity contribution in [3.05, 3.63) is 154 Å². The Hall–Kier alpha value is -4.44. The van der Waals surface area contributed by atoms with Crippen molar-refractivity contribution in [3.8, 4) is 0 Å². The van der Waals surface area contributed by atoms with Crippen LogP contribution in [0.5, 0.6) is 0 Å². The first-order valence-corrected chi connectivity index (χ1v) is 31.6. The van der Waals surface area contributed by atoms with E-state index in [2.05, 4.69) is 199 Å². The first-order valence-electron chi connectivity index (χ1n) is 31.6. The molecular formula is C74H116O4. The molecule has 4 nitrogen and oxygen atoms in total. The maximum atomic E-state index is 12.8. The molecule has 0 unspecified atom stereocenters. The number of hydrogen-bond acceptors (Lipinski definition) is 4. The predicted octanol–water partition coefficient (Wildman–Crippen LogP) is 22.8. The van der Waals surface area contributed by atoms with Gasteiger partial charge in [0.1, 0.15) is 12.2 Å². The number of ether oxygens (including phenoxy) is 2. The lowest BCUT2D eigenvalue weighted by atomic mass is 9.67. The van der Waals surface area contributed by atoms with Crippen molar-refractivity contribution in [3.63, 3.8) is 0 Å². The van der Waals surface area contributed by atoms with Gasteiger partial charge < -0.3 is 9.47 Å². The minimum atomic E-state index is -0.144. The molecular weight excluding hydrogens is 953 g/mol. The minimum absolute atomic E-state index is 0.00699. The molecule has 0 saturated carbocycles. The van der Waals surface area contributed by atoms with Gasteiger partial charge in [-0.1, -0.05) is 294 Å². The highest BCUT2D eigenvalue weighted by molar-refractivity contribution is 5.70. The molecule has 0 aromatic rings. The van der Waals surface area contributed by atoms with E-state index in [1.807, 2.05) is 0 Å². The van der Waals surface area contributed by atoms with Crippen LogP contribution in [-0.4, -0.2) is 24.1 Å². The van der Waals surface area contributed by atoms with E-state index >= 15 is 0 Å². The molecule has 0 radical (unpaired) electrons. The highest BCUT2D eigenvalue weighted by Crippen LogP contribution is 2.44. The molecule has 0 fully saturated rings. The molecule has 0 aromatic heterocycles. The molecule has 0 aromatic carbocycles. The van der Waals surface area contributed by atoms with E-state index in [-0.39, 0.29) is 35.0 Å². The summed E-state index contributed by atoms with van der Waals surface area (Å²) < 4.78 is 12.0. The van der Waals surface area contributed by atoms with Crippen LogP contribution < -0.4 is 0 Å². The smallest absolute Gasteiger partial charge is 0.306 e. The topological polar surface area (TPSA) is 52.6 Å². The van der Waals surface area contributed by atoms with Crippen molar-refractivity contribution in [2.45, 2.75) is 281 Å². The van der Waals surface area contributed by atoms with Crippen molar-refractivity contribution < 1.29 is 19.1 Å². The summed E-state index contributed by atoms with van der Waals surface area (Å²) in [5.74, 6) is 0.205. The summed E-state index contributed by atoms with van der Waals surface area (Å²) in [4.78, 5) is 25.6. The van der Waals surface area contributed by atoms with Gasteiger partial charge in [-0.15, -0.1) is 0 Å². The number of esters is 2. The van der Waals surface area contributed by atoms with Gasteiger partial charge in [-0.3, -0.25) is 9.59 Å². The van der Waals surface area contributed by atoms with Gasteiger partial charge in [0.25, 0.3) is 0 Å². The lowest BCUT2D eigenvalue weighted by Crippen LogP contribution is -2.34. The molecule has 2 rings (SSSR count). The van der Waals surface area contributed by atoms with Gasteiger partial charge in [-0.2, -0.15) is 0 Å². The molecule has 2 aliphatic carbocycles. The molecule has 0 spiro atoms. The van der Waals surface area contributed by atoms with Crippen molar-refractivity contribution in [2.75, 3.05) is 0 Å². The Kier molecular flexibility index (Phi) is 37.9. The molecule has 0 saturated heterocycles. The van der Waals surface area contributed by atoms with E-state index < -0.39 is 0 Å². The molecule has 0 bridgehead atoms. The van der Waals surface area contributed by atoms with Crippen LogP contribution in [0.1, 0.15) is 269 Å². The summed E-state index contributed by atoms with van der Waals surface area (Å²) in [6, 6.07) is 0. The second-order valence-electron chi connectivity index (χ2n) is 24.6. The summed E-state index contributed by atoms with van der Waals surface area (Å²) >= 11 is 0. The first-order chi connectivity index (χ1) is 37.5. The van der Waals surface area contributed by atoms with Crippen LogP contribution in [0.15, 0.2) is 154 Å². The summed E-state index contributed by atoms with van der Waals surface area (Å²) in [5.41, 5.74) is 8.60. The zero-order valence-electron chi connectivity index (χ0n) is 52.3. The van der Waals surface area contributed by atoms with E-state index in [1.54, 1.807) is 0 Å². The Labute approximate surface area is 481 Å². The first kappa shape index (κ1) is 69.7. The van der Waals surface area contributed by atoms with Crippen LogP contribution in [0.2, 0.25) is 0 Å². The van der Waals surface area contributed by atoms with Crippen LogP contribution in [0, 0.1) is 16.7 Å². The summed E-state index contributed by atoms with van der Waals surface area (Å²) in [5, 5.41) is 0. The zero-order chi connectivity index (χ0) is 57.3. The van der Waals surface area contributed by atoms with Gasteiger partial charge >= 0.3 is 11.9 Å². The fourth-order valence-corrected chi connectivity index (χ4v) is 11.1. The number of hydrogen-bond donors (Lipinski definition) is 0. The van der Waals surface area contributed by atoms with Crippen molar-refractivity contribution in [1.29, 1.82) is 0 Å². The van der Waals surface area contributed by atoms with Crippen LogP contribution in [-0.2, 0) is 19.1 Å². The summed E-state index contributed by atoms with van der Waals surface area (Å²) in [6.45, 7) is 26.6. The SMILES string of the molecule is CCCCC/C=C\C/C=C\CCCCCCCC(=O)O[C@@H]1CC(C)=C(/C=C/C(C)=C/C=C/C(C)=C/C=C/C=C(C)/C=C/C=C(C)/C=C/[C@H]2C(C)=C[C@H](OC(=O)CCCCCCCCCCCCCCC)CC2(C)C)C(C)(C)C1. The number of carbonyl (C=O) groups is 2. The average molecular weight is 1070 g/mol. The highest BCUT2D eigenvalue weighted by Gasteiger charge is 2.37. The van der Waals surface area contributed by atoms with Gasteiger partial charge in [-0.05, 0) is 122 Å². The normalized spacial score (nSPS) is 19.8. The maximum Gasteiger partial charge on any atom is 0.306 e. The van der Waals surface area contributed by atoms with E-state index in [9.17, 15) is 9.59 Å². The third-order valence-electron chi connectivity index (χ3n) is 15.7. The molecule has 0 aliphatic heterocycles. The molecule has 2 aliphatic rings. The fraction of sp³-hybridized carbons (Fsp3) is 0.622. The zero-order valence-corrected chi connectivity index (χ0v) is 52.3. The quantitative estimate of drug-likeness (QED) is 0.0266. The van der Waals surface area contributed by atoms with Crippen molar-refractivity contribution in [1.82, 2.24) is 0 Å². The largest absolute Gasteiger partial charge is 0.462 e. The molecule has 3 atom stereocenters. The standard InChI is InChI=1S/C74H116O4/c1-13-15-17-19-21-23-25-27-28-30-32-34-36-38-40-52-72(76)78-68-58-66(8)70(74(11,12)60-68)56-54-64(6)50-44-48-62(4)46-42-41-45-61(3)47-43-49-63(5)53-55-69-65(7)57-67(59-73(69,9)10)77-71(75)51-39-37-35-33-31-29-26-24-22-20-18-16-14-2/h21,23,27-28,41-50,53-57,67-69H,13-20,22,24-26,29-40,51-52,58-60H2,1-12H3/b23-21-,28-27-,42-41+,47-43+,48-44+,55-53+,56-54+,61-45+,62-46+,63-49+,64-50+/t67-,68+,69-/m0/s1. The number of unbranched alkanes of at least 4 members (excludes halogenated alkanes) is 20. The maximum absolute atomic E-state index is 12.8. The van der Waals surface area contributed by atoms with E-state index in [0.717, 1.165) is 57.8 Å². The molecule has 436 valence electrons. The molecule has 0 heterocycles. The molecule has 0 N–H and O–H groups in total. The number of rotatable bonds is 40. The fourth-order valence-electron chi connectivity index (χ4n) is 11.1. The van der Waals surface area contributed by atoms with E-state index in [1.165, 1.54) is 155 Å². The Bertz CT molecular complexity index is 2110. The second-order valence-corrected chi connectivity index (χ2v) is 24.6. The molecule has 78 heavy (non-hydrogen) atoms. The van der Waals surface area contributed by atoms with E-state index in [4.69, 9.17) is 9.47 Å². The number of carbonyl (C=O) groups excluding carboxylic acids is 2. The van der Waals surface area contributed by atoms with Gasteiger partial charge in [-0.25, -0.2) is 0 Å². The predicted molar refractivity (Wildman–Crippen MR) is 342 cm³/mol. The third kappa shape index (κ3) is 33.9. The van der Waals surface area contributed by atoms with Gasteiger partial charge in [0.2, 0.25) is 0 Å². The lowest BCUT2D eigenvalue weighted by Gasteiger charge is -2.40. The Morgan fingerprint density at radius 2 is 0.962 bits per heavy atom. The van der Waals surface area contributed by atoms with Gasteiger partial charge in [0, 0.05) is 25.2 Å². The lowest BCUT2D eigenvalue weighted by molar-refractivity contribution is -0.151. The van der Waals surface area contributed by atoms with Crippen LogP contribution >= 0.6 is 0 Å². The van der Waals surface area contributed by atoms with E-state index in [0.29, 0.717) is 18.8 Å². The number of allylic oxidation sites excluding steroid dienone is 24. The average Bonchev–Trinajstić information content (AvgIpc) is 3.37. The second kappa shape index (κ2) is 42.4. The monoisotopic (exact) mass is 1070 g/mol. The Morgan fingerprint density at radius 3 is 1.47 bits per heavy atom. The minimum Gasteiger partial charge on any atom is -0.462 e. The highest BCUT2D eigenvalue weighted by atomic mass is 16.5. The summed E-state index contributed by atoms with van der Waals surface area (Å²) in [6.07, 6.45) is 75.0. The molecule has 0 amide bonds. The summed E-state index contributed by atoms with van der Waals surface area (Å²) in [7, 11) is 0. The third-order valence-corrected chi connectivity index (χ3v) is 15.7. The van der Waals surface area contributed by atoms with Crippen LogP contribution in [0.3, 0.4) is 0 Å². The van der Waals surface area contributed by atoms with Crippen LogP contribution in [0.25, 0.3) is 0 Å². The van der Waals surface area contributed by atoms with Crippen LogP contribution in [0.4, 0.5) is 0 Å².